The molecule has 164 valence electrons. The number of hydrogen-bond donors (Lipinski definition) is 1. The molecule has 0 unspecified atom stereocenters. The highest BCUT2D eigenvalue weighted by Crippen LogP contribution is 2.19. The fourth-order valence-corrected chi connectivity index (χ4v) is 2.05. The zero-order chi connectivity index (χ0) is 21.6. The number of hydrogen-bond acceptors (Lipinski definition) is 11. The first-order chi connectivity index (χ1) is 14.0. The molecule has 0 aliphatic carbocycles. The van der Waals surface area contributed by atoms with Gasteiger partial charge in [-0.3, -0.25) is 19.8 Å². The summed E-state index contributed by atoms with van der Waals surface area (Å²) in [7, 11) is 4.58. The van der Waals surface area contributed by atoms with E-state index in [9.17, 15) is 10.0 Å². The second-order valence-electron chi connectivity index (χ2n) is 5.70. The van der Waals surface area contributed by atoms with Crippen molar-refractivity contribution in [3.05, 3.63) is 12.2 Å². The van der Waals surface area contributed by atoms with Crippen LogP contribution >= 0.6 is 0 Å². The summed E-state index contributed by atoms with van der Waals surface area (Å²) in [4.78, 5) is 27.5. The molecular weight excluding hydrogens is 384 g/mol. The average Bonchev–Trinajstić information content (AvgIpc) is 2.72. The van der Waals surface area contributed by atoms with Gasteiger partial charge in [-0.05, 0) is 6.92 Å². The van der Waals surface area contributed by atoms with Crippen LogP contribution in [0.5, 0.6) is 0 Å². The maximum Gasteiger partial charge on any atom is 0.256 e. The molecule has 12 heteroatoms. The van der Waals surface area contributed by atoms with Crippen molar-refractivity contribution in [1.82, 2.24) is 15.0 Å². The third-order valence-corrected chi connectivity index (χ3v) is 3.47. The van der Waals surface area contributed by atoms with Crippen LogP contribution in [0.2, 0.25) is 0 Å². The van der Waals surface area contributed by atoms with Gasteiger partial charge in [-0.15, -0.1) is 0 Å². The Morgan fingerprint density at radius 1 is 0.931 bits per heavy atom. The van der Waals surface area contributed by atoms with E-state index in [1.54, 1.807) is 18.9 Å². The predicted octanol–water partition coefficient (Wildman–Crippen LogP) is 0.631. The average molecular weight is 414 g/mol. The number of methoxy groups -OCH3 is 3. The zero-order valence-corrected chi connectivity index (χ0v) is 17.6. The summed E-state index contributed by atoms with van der Waals surface area (Å²) in [5.41, 5.74) is 0. The molecule has 0 saturated carbocycles. The molecule has 12 nitrogen and oxygen atoms in total. The fraction of sp³-hybridized carbons (Fsp3) is 0.647. The second-order valence-corrected chi connectivity index (χ2v) is 5.70. The number of carbonyl (C=O) groups is 1. The first-order valence-corrected chi connectivity index (χ1v) is 8.93. The number of carbonyl (C=O) groups excluding carboxylic acids is 1. The van der Waals surface area contributed by atoms with Gasteiger partial charge >= 0.3 is 0 Å². The maximum atomic E-state index is 12.0. The van der Waals surface area contributed by atoms with Crippen molar-refractivity contribution in [2.45, 2.75) is 13.8 Å². The minimum absolute atomic E-state index is 0.0176. The number of anilines is 3. The summed E-state index contributed by atoms with van der Waals surface area (Å²) in [6.45, 7) is 4.33. The van der Waals surface area contributed by atoms with Gasteiger partial charge in [-0.2, -0.15) is 15.0 Å². The quantitative estimate of drug-likeness (QED) is 0.200. The largest absolute Gasteiger partial charge is 0.381 e. The highest BCUT2D eigenvalue weighted by molar-refractivity contribution is 5.89. The number of aromatic nitrogens is 3. The Hall–Kier alpha value is -2.38. The van der Waals surface area contributed by atoms with Crippen LogP contribution in [0.4, 0.5) is 17.8 Å². The summed E-state index contributed by atoms with van der Waals surface area (Å²) in [5.74, 6) is -0.139. The molecule has 1 amide bonds. The zero-order valence-electron chi connectivity index (χ0n) is 17.6. The summed E-state index contributed by atoms with van der Waals surface area (Å²) in [6.07, 6.45) is 3.65. The highest BCUT2D eigenvalue weighted by Gasteiger charge is 2.21. The number of hydroxylamine groups is 1. The molecule has 1 aromatic rings. The summed E-state index contributed by atoms with van der Waals surface area (Å²) < 4.78 is 20.8. The number of rotatable bonds is 14. The minimum Gasteiger partial charge on any atom is -0.381 e. The van der Waals surface area contributed by atoms with Crippen LogP contribution in [0.25, 0.3) is 0 Å². The molecule has 1 rings (SSSR count). The molecule has 0 bridgehead atoms. The molecule has 1 heterocycles. The Morgan fingerprint density at radius 3 is 2.14 bits per heavy atom. The third-order valence-electron chi connectivity index (χ3n) is 3.47. The van der Waals surface area contributed by atoms with Crippen molar-refractivity contribution >= 4 is 23.8 Å². The van der Waals surface area contributed by atoms with Crippen LogP contribution in [0.3, 0.4) is 0 Å². The van der Waals surface area contributed by atoms with Gasteiger partial charge in [0, 0.05) is 34.8 Å². The molecule has 0 radical (unpaired) electrons. The van der Waals surface area contributed by atoms with Crippen LogP contribution in [-0.4, -0.2) is 87.3 Å². The van der Waals surface area contributed by atoms with Crippen LogP contribution in [0.1, 0.15) is 13.8 Å². The first kappa shape index (κ1) is 24.7. The summed E-state index contributed by atoms with van der Waals surface area (Å²) in [6, 6.07) is 0. The Morgan fingerprint density at radius 2 is 1.55 bits per heavy atom. The monoisotopic (exact) mass is 414 g/mol. The molecule has 0 saturated heterocycles. The van der Waals surface area contributed by atoms with Gasteiger partial charge in [-0.25, -0.2) is 5.06 Å². The van der Waals surface area contributed by atoms with Crippen molar-refractivity contribution in [3.8, 4) is 0 Å². The molecule has 0 fully saturated rings. The van der Waals surface area contributed by atoms with Crippen molar-refractivity contribution < 1.29 is 28.9 Å². The summed E-state index contributed by atoms with van der Waals surface area (Å²) >= 11 is 0. The molecule has 0 atom stereocenters. The van der Waals surface area contributed by atoms with E-state index in [1.165, 1.54) is 26.0 Å². The molecule has 0 aliphatic heterocycles. The Kier molecular flexibility index (Phi) is 11.7. The van der Waals surface area contributed by atoms with E-state index >= 15 is 0 Å². The maximum absolute atomic E-state index is 12.0. The van der Waals surface area contributed by atoms with Crippen LogP contribution < -0.4 is 14.9 Å². The molecular formula is C17H30N6O6. The van der Waals surface area contributed by atoms with E-state index in [0.717, 1.165) is 5.06 Å². The molecule has 0 aliphatic rings. The SMILES string of the molecule is CCN(O)c1nc(N(COC)COCC=CCOC)nc(N(COC)C(C)=O)n1. The predicted molar refractivity (Wildman–Crippen MR) is 106 cm³/mol. The van der Waals surface area contributed by atoms with Gasteiger partial charge in [0.2, 0.25) is 17.8 Å². The van der Waals surface area contributed by atoms with E-state index < -0.39 is 0 Å². The smallest absolute Gasteiger partial charge is 0.256 e. The number of ether oxygens (including phenoxy) is 4. The molecule has 1 N–H and O–H groups in total. The topological polar surface area (TPSA) is 123 Å². The van der Waals surface area contributed by atoms with Crippen LogP contribution in [-0.2, 0) is 23.7 Å². The van der Waals surface area contributed by atoms with Gasteiger partial charge in [0.25, 0.3) is 5.95 Å². The van der Waals surface area contributed by atoms with Crippen molar-refractivity contribution in [2.75, 3.05) is 76.1 Å². The highest BCUT2D eigenvalue weighted by atomic mass is 16.5. The van der Waals surface area contributed by atoms with Gasteiger partial charge in [-0.1, -0.05) is 12.2 Å². The first-order valence-electron chi connectivity index (χ1n) is 8.93. The van der Waals surface area contributed by atoms with Crippen LogP contribution in [0.15, 0.2) is 12.2 Å². The van der Waals surface area contributed by atoms with Gasteiger partial charge < -0.3 is 18.9 Å². The third kappa shape index (κ3) is 8.25. The van der Waals surface area contributed by atoms with E-state index in [2.05, 4.69) is 15.0 Å². The molecule has 1 aromatic heterocycles. The standard InChI is InChI=1S/C17H30N6O6/c1-6-23(25)17-19-15(18-16(20-17)22(13-28-5)14(2)24)21(11-27-4)12-29-10-8-7-9-26-3/h7-8,25H,6,9-13H2,1-5H3. The van der Waals surface area contributed by atoms with Crippen LogP contribution in [0, 0.1) is 0 Å². The molecule has 0 spiro atoms. The van der Waals surface area contributed by atoms with Crippen molar-refractivity contribution in [3.63, 3.8) is 0 Å². The van der Waals surface area contributed by atoms with Gasteiger partial charge in [0.1, 0.15) is 20.2 Å². The summed E-state index contributed by atoms with van der Waals surface area (Å²) in [5, 5.41) is 10.9. The Labute approximate surface area is 170 Å². The Bertz CT molecular complexity index is 647. The minimum atomic E-state index is -0.325. The van der Waals surface area contributed by atoms with E-state index in [-0.39, 0.29) is 50.5 Å². The van der Waals surface area contributed by atoms with Crippen molar-refractivity contribution in [1.29, 1.82) is 0 Å². The lowest BCUT2D eigenvalue weighted by molar-refractivity contribution is -0.117. The lowest BCUT2D eigenvalue weighted by atomic mass is 10.5. The molecule has 29 heavy (non-hydrogen) atoms. The van der Waals surface area contributed by atoms with E-state index in [0.29, 0.717) is 13.2 Å². The number of nitrogens with zero attached hydrogens (tertiary/aromatic N) is 6. The molecule has 0 aromatic carbocycles. The van der Waals surface area contributed by atoms with Gasteiger partial charge in [0.05, 0.1) is 13.2 Å². The second kappa shape index (κ2) is 13.7. The number of amides is 1. The fourth-order valence-electron chi connectivity index (χ4n) is 2.05. The van der Waals surface area contributed by atoms with E-state index in [4.69, 9.17) is 18.9 Å². The van der Waals surface area contributed by atoms with Crippen molar-refractivity contribution in [2.24, 2.45) is 0 Å². The van der Waals surface area contributed by atoms with Gasteiger partial charge in [0.15, 0.2) is 0 Å². The Balaban J connectivity index is 3.15. The lowest BCUT2D eigenvalue weighted by Crippen LogP contribution is -2.35. The lowest BCUT2D eigenvalue weighted by Gasteiger charge is -2.25. The normalized spacial score (nSPS) is 11.1. The van der Waals surface area contributed by atoms with E-state index in [1.807, 2.05) is 12.2 Å².